The minimum Gasteiger partial charge on any atom is -0.494 e. The highest BCUT2D eigenvalue weighted by Crippen LogP contribution is 2.40. The van der Waals surface area contributed by atoms with Gasteiger partial charge in [-0.2, -0.15) is 0 Å². The highest BCUT2D eigenvalue weighted by Gasteiger charge is 2.21. The van der Waals surface area contributed by atoms with E-state index in [-0.39, 0.29) is 6.42 Å². The number of carbonyl (C=O) groups is 1. The van der Waals surface area contributed by atoms with Crippen LogP contribution in [0.1, 0.15) is 61.3 Å². The SMILES string of the molecule is CCCCOc1ccc(C(Nc2cc(C)c(CCC(=O)O)cc2-c2ccc(N)c(C=N)c2)=C2CC2)cc1. The van der Waals surface area contributed by atoms with Crippen LogP contribution in [-0.2, 0) is 11.2 Å². The van der Waals surface area contributed by atoms with Crippen molar-refractivity contribution in [1.29, 1.82) is 5.41 Å². The second kappa shape index (κ2) is 11.8. The normalized spacial score (nSPS) is 12.2. The van der Waals surface area contributed by atoms with Crippen molar-refractivity contribution in [2.24, 2.45) is 0 Å². The summed E-state index contributed by atoms with van der Waals surface area (Å²) in [5, 5.41) is 20.7. The second-order valence-corrected chi connectivity index (χ2v) is 9.54. The van der Waals surface area contributed by atoms with Crippen LogP contribution in [0.5, 0.6) is 5.75 Å². The lowest BCUT2D eigenvalue weighted by molar-refractivity contribution is -0.136. The topological polar surface area (TPSA) is 108 Å². The zero-order valence-electron chi connectivity index (χ0n) is 21.6. The predicted molar refractivity (Wildman–Crippen MR) is 151 cm³/mol. The van der Waals surface area contributed by atoms with Gasteiger partial charge in [0.1, 0.15) is 5.75 Å². The van der Waals surface area contributed by atoms with Gasteiger partial charge in [-0.15, -0.1) is 0 Å². The summed E-state index contributed by atoms with van der Waals surface area (Å²) in [6.45, 7) is 4.89. The second-order valence-electron chi connectivity index (χ2n) is 9.54. The van der Waals surface area contributed by atoms with E-state index in [1.165, 1.54) is 11.8 Å². The van der Waals surface area contributed by atoms with Crippen LogP contribution in [0.25, 0.3) is 16.8 Å². The number of unbranched alkanes of at least 4 members (excludes halogenated alkanes) is 1. The van der Waals surface area contributed by atoms with Crippen molar-refractivity contribution >= 4 is 29.3 Å². The third-order valence-corrected chi connectivity index (χ3v) is 6.66. The lowest BCUT2D eigenvalue weighted by Crippen LogP contribution is -2.05. The maximum absolute atomic E-state index is 11.2. The number of carboxylic acid groups (broad SMARTS) is 1. The molecule has 4 rings (SSSR count). The Morgan fingerprint density at radius 2 is 1.89 bits per heavy atom. The number of nitrogen functional groups attached to an aromatic ring is 1. The third-order valence-electron chi connectivity index (χ3n) is 6.66. The number of allylic oxidation sites excluding steroid dienone is 1. The molecule has 0 atom stereocenters. The molecule has 3 aromatic rings. The van der Waals surface area contributed by atoms with E-state index < -0.39 is 5.97 Å². The molecule has 0 radical (unpaired) electrons. The number of hydrogen-bond acceptors (Lipinski definition) is 5. The van der Waals surface area contributed by atoms with Crippen LogP contribution in [0.4, 0.5) is 11.4 Å². The number of aliphatic carboxylic acids is 1. The lowest BCUT2D eigenvalue weighted by Gasteiger charge is -2.19. The first kappa shape index (κ1) is 26.0. The van der Waals surface area contributed by atoms with Gasteiger partial charge in [0.25, 0.3) is 0 Å². The van der Waals surface area contributed by atoms with Crippen LogP contribution in [0.3, 0.4) is 0 Å². The Kier molecular flexibility index (Phi) is 8.29. The Labute approximate surface area is 218 Å². The summed E-state index contributed by atoms with van der Waals surface area (Å²) in [4.78, 5) is 11.2. The Bertz CT molecular complexity index is 1320. The first-order valence-corrected chi connectivity index (χ1v) is 12.9. The maximum Gasteiger partial charge on any atom is 0.303 e. The standard InChI is InChI=1S/C31H35N3O3/c1-3-4-15-37-26-11-7-22(8-12-26)31(21-5-6-21)34-29-16-20(2)23(10-14-30(35)36)18-27(29)24-9-13-28(33)25(17-24)19-32/h7-9,11-13,16-19,32,34H,3-6,10,14-15,33H2,1-2H3,(H,35,36). The highest BCUT2D eigenvalue weighted by atomic mass is 16.5. The first-order valence-electron chi connectivity index (χ1n) is 12.9. The average Bonchev–Trinajstić information content (AvgIpc) is 3.73. The molecule has 0 bridgehead atoms. The largest absolute Gasteiger partial charge is 0.494 e. The molecule has 0 aromatic heterocycles. The number of hydrogen-bond donors (Lipinski definition) is 4. The van der Waals surface area contributed by atoms with Crippen molar-refractivity contribution in [2.75, 3.05) is 17.7 Å². The molecular formula is C31H35N3O3. The Balaban J connectivity index is 1.71. The predicted octanol–water partition coefficient (Wildman–Crippen LogP) is 7.05. The van der Waals surface area contributed by atoms with Gasteiger partial charge in [-0.3, -0.25) is 4.79 Å². The third kappa shape index (κ3) is 6.58. The van der Waals surface area contributed by atoms with Crippen LogP contribution in [0.15, 0.2) is 60.2 Å². The van der Waals surface area contributed by atoms with Crippen LogP contribution in [-0.4, -0.2) is 23.9 Å². The summed E-state index contributed by atoms with van der Waals surface area (Å²) in [5.74, 6) is 0.0577. The van der Waals surface area contributed by atoms with Crippen molar-refractivity contribution in [2.45, 2.75) is 52.4 Å². The Hall–Kier alpha value is -4.06. The fourth-order valence-electron chi connectivity index (χ4n) is 4.34. The quantitative estimate of drug-likeness (QED) is 0.122. The smallest absolute Gasteiger partial charge is 0.303 e. The van der Waals surface area contributed by atoms with Gasteiger partial charge in [-0.05, 0) is 109 Å². The van der Waals surface area contributed by atoms with Gasteiger partial charge in [-0.1, -0.05) is 19.4 Å². The number of nitrogens with two attached hydrogens (primary N) is 1. The van der Waals surface area contributed by atoms with Gasteiger partial charge in [0.15, 0.2) is 0 Å². The van der Waals surface area contributed by atoms with Gasteiger partial charge in [0, 0.05) is 40.8 Å². The molecule has 1 fully saturated rings. The molecule has 0 unspecified atom stereocenters. The van der Waals surface area contributed by atoms with Crippen LogP contribution in [0.2, 0.25) is 0 Å². The molecule has 6 heteroatoms. The van der Waals surface area contributed by atoms with Crippen molar-refractivity contribution in [3.63, 3.8) is 0 Å². The molecule has 0 saturated heterocycles. The van der Waals surface area contributed by atoms with E-state index in [1.807, 2.05) is 37.3 Å². The van der Waals surface area contributed by atoms with Crippen molar-refractivity contribution in [1.82, 2.24) is 0 Å². The molecule has 1 saturated carbocycles. The fourth-order valence-corrected chi connectivity index (χ4v) is 4.34. The van der Waals surface area contributed by atoms with E-state index >= 15 is 0 Å². The number of rotatable bonds is 12. The van der Waals surface area contributed by atoms with E-state index in [4.69, 9.17) is 15.9 Å². The average molecular weight is 498 g/mol. The molecule has 0 spiro atoms. The summed E-state index contributed by atoms with van der Waals surface area (Å²) in [5.41, 5.74) is 15.7. The van der Waals surface area contributed by atoms with Crippen molar-refractivity contribution < 1.29 is 14.6 Å². The number of carboxylic acids is 1. The molecule has 0 aliphatic heterocycles. The molecule has 0 amide bonds. The van der Waals surface area contributed by atoms with Crippen molar-refractivity contribution in [3.05, 3.63) is 82.4 Å². The van der Waals surface area contributed by atoms with E-state index in [9.17, 15) is 9.90 Å². The summed E-state index contributed by atoms with van der Waals surface area (Å²) < 4.78 is 5.85. The number of benzene rings is 3. The van der Waals surface area contributed by atoms with Crippen molar-refractivity contribution in [3.8, 4) is 16.9 Å². The van der Waals surface area contributed by atoms with E-state index in [0.29, 0.717) is 17.7 Å². The molecule has 5 N–H and O–H groups in total. The zero-order chi connectivity index (χ0) is 26.4. The van der Waals surface area contributed by atoms with Crippen LogP contribution < -0.4 is 15.8 Å². The minimum atomic E-state index is -0.815. The fraction of sp³-hybridized carbons (Fsp3) is 0.290. The molecule has 1 aliphatic carbocycles. The van der Waals surface area contributed by atoms with E-state index in [1.54, 1.807) is 0 Å². The molecule has 37 heavy (non-hydrogen) atoms. The zero-order valence-corrected chi connectivity index (χ0v) is 21.6. The monoisotopic (exact) mass is 497 g/mol. The Morgan fingerprint density at radius 1 is 1.14 bits per heavy atom. The summed E-state index contributed by atoms with van der Waals surface area (Å²) in [6.07, 6.45) is 6.03. The molecule has 3 aromatic carbocycles. The number of anilines is 2. The first-order chi connectivity index (χ1) is 17.9. The van der Waals surface area contributed by atoms with Gasteiger partial charge in [0.2, 0.25) is 0 Å². The summed E-state index contributed by atoms with van der Waals surface area (Å²) >= 11 is 0. The number of nitrogens with one attached hydrogen (secondary N) is 2. The maximum atomic E-state index is 11.2. The van der Waals surface area contributed by atoms with Gasteiger partial charge in [-0.25, -0.2) is 0 Å². The molecule has 6 nitrogen and oxygen atoms in total. The van der Waals surface area contributed by atoms with Crippen LogP contribution in [0, 0.1) is 12.3 Å². The number of aryl methyl sites for hydroxylation is 2. The molecular weight excluding hydrogens is 462 g/mol. The molecule has 192 valence electrons. The summed E-state index contributed by atoms with van der Waals surface area (Å²) in [7, 11) is 0. The summed E-state index contributed by atoms with van der Waals surface area (Å²) in [6, 6.07) is 18.1. The van der Waals surface area contributed by atoms with Gasteiger partial charge < -0.3 is 26.3 Å². The Morgan fingerprint density at radius 3 is 2.54 bits per heavy atom. The van der Waals surface area contributed by atoms with Crippen LogP contribution >= 0.6 is 0 Å². The van der Waals surface area contributed by atoms with E-state index in [0.717, 1.165) is 77.2 Å². The lowest BCUT2D eigenvalue weighted by atomic mass is 9.93. The molecule has 0 heterocycles. The highest BCUT2D eigenvalue weighted by molar-refractivity contribution is 5.92. The number of ether oxygens (including phenoxy) is 1. The van der Waals surface area contributed by atoms with E-state index in [2.05, 4.69) is 36.5 Å². The molecule has 1 aliphatic rings. The van der Waals surface area contributed by atoms with Gasteiger partial charge >= 0.3 is 5.97 Å². The minimum absolute atomic E-state index is 0.0719. The van der Waals surface area contributed by atoms with Gasteiger partial charge in [0.05, 0.1) is 6.61 Å².